The van der Waals surface area contributed by atoms with Gasteiger partial charge in [-0.2, -0.15) is 0 Å². The molecule has 0 unspecified atom stereocenters. The van der Waals surface area contributed by atoms with Gasteiger partial charge in [0, 0.05) is 22.1 Å². The number of carbonyl (C=O) groups is 1. The maximum absolute atomic E-state index is 12.5. The van der Waals surface area contributed by atoms with Crippen molar-refractivity contribution in [3.05, 3.63) is 46.6 Å². The predicted molar refractivity (Wildman–Crippen MR) is 92.3 cm³/mol. The molecule has 21 heavy (non-hydrogen) atoms. The third-order valence-corrected chi connectivity index (χ3v) is 4.03. The lowest BCUT2D eigenvalue weighted by Gasteiger charge is -2.12. The second kappa shape index (κ2) is 7.47. The molecule has 2 rings (SSSR count). The summed E-state index contributed by atoms with van der Waals surface area (Å²) in [5.41, 5.74) is 1.32. The summed E-state index contributed by atoms with van der Waals surface area (Å²) in [7, 11) is 0. The van der Waals surface area contributed by atoms with Crippen molar-refractivity contribution in [2.24, 2.45) is 0 Å². The van der Waals surface area contributed by atoms with E-state index in [0.29, 0.717) is 17.9 Å². The number of nitrogens with zero attached hydrogens (tertiary/aromatic N) is 1. The van der Waals surface area contributed by atoms with Gasteiger partial charge < -0.3 is 10.6 Å². The van der Waals surface area contributed by atoms with Gasteiger partial charge in [-0.1, -0.05) is 12.1 Å². The van der Waals surface area contributed by atoms with E-state index in [4.69, 9.17) is 0 Å². The number of anilines is 2. The van der Waals surface area contributed by atoms with Gasteiger partial charge in [-0.05, 0) is 47.3 Å². The molecular formula is C15H16BrN3OS. The van der Waals surface area contributed by atoms with E-state index < -0.39 is 0 Å². The van der Waals surface area contributed by atoms with E-state index in [-0.39, 0.29) is 5.91 Å². The van der Waals surface area contributed by atoms with Gasteiger partial charge in [0.05, 0.1) is 11.3 Å². The number of rotatable bonds is 5. The minimum atomic E-state index is -0.179. The number of pyridine rings is 1. The molecule has 0 saturated heterocycles. The molecule has 4 nitrogen and oxygen atoms in total. The van der Waals surface area contributed by atoms with Crippen LogP contribution in [-0.2, 0) is 0 Å². The molecule has 1 amide bonds. The standard InChI is InChI=1S/C15H16BrN3OS/c1-3-17-14-11(8-10(16)9-18-14)15(20)19-12-6-4-5-7-13(12)21-2/h4-9H,3H2,1-2H3,(H,17,18)(H,19,20). The molecule has 0 aliphatic carbocycles. The zero-order valence-electron chi connectivity index (χ0n) is 11.8. The van der Waals surface area contributed by atoms with Crippen LogP contribution in [0.15, 0.2) is 45.9 Å². The maximum atomic E-state index is 12.5. The molecule has 0 bridgehead atoms. The lowest BCUT2D eigenvalue weighted by molar-refractivity contribution is 0.102. The summed E-state index contributed by atoms with van der Waals surface area (Å²) in [6.07, 6.45) is 3.65. The second-order valence-corrected chi connectivity index (χ2v) is 6.00. The van der Waals surface area contributed by atoms with E-state index in [0.717, 1.165) is 15.1 Å². The van der Waals surface area contributed by atoms with Gasteiger partial charge in [-0.3, -0.25) is 4.79 Å². The van der Waals surface area contributed by atoms with Crippen LogP contribution in [0, 0.1) is 0 Å². The van der Waals surface area contributed by atoms with Crippen molar-refractivity contribution in [3.63, 3.8) is 0 Å². The normalized spacial score (nSPS) is 10.2. The quantitative estimate of drug-likeness (QED) is 0.777. The highest BCUT2D eigenvalue weighted by atomic mass is 79.9. The Morgan fingerprint density at radius 2 is 2.14 bits per heavy atom. The average Bonchev–Trinajstić information content (AvgIpc) is 2.49. The molecule has 0 radical (unpaired) electrons. The maximum Gasteiger partial charge on any atom is 0.259 e. The monoisotopic (exact) mass is 365 g/mol. The van der Waals surface area contributed by atoms with Crippen LogP contribution in [0.1, 0.15) is 17.3 Å². The fourth-order valence-corrected chi connectivity index (χ4v) is 2.74. The highest BCUT2D eigenvalue weighted by Gasteiger charge is 2.14. The molecule has 1 aromatic carbocycles. The fraction of sp³-hybridized carbons (Fsp3) is 0.200. The molecule has 0 fully saturated rings. The zero-order valence-corrected chi connectivity index (χ0v) is 14.2. The van der Waals surface area contributed by atoms with E-state index in [1.807, 2.05) is 37.4 Å². The molecule has 2 N–H and O–H groups in total. The number of thioether (sulfide) groups is 1. The number of hydrogen-bond acceptors (Lipinski definition) is 4. The molecule has 0 atom stereocenters. The number of amides is 1. The first-order chi connectivity index (χ1) is 10.2. The number of hydrogen-bond donors (Lipinski definition) is 2. The molecule has 2 aromatic rings. The van der Waals surface area contributed by atoms with Crippen molar-refractivity contribution >= 4 is 45.1 Å². The van der Waals surface area contributed by atoms with E-state index >= 15 is 0 Å². The average molecular weight is 366 g/mol. The molecular weight excluding hydrogens is 350 g/mol. The molecule has 6 heteroatoms. The van der Waals surface area contributed by atoms with Gasteiger partial charge in [0.1, 0.15) is 5.82 Å². The molecule has 0 spiro atoms. The Hall–Kier alpha value is -1.53. The summed E-state index contributed by atoms with van der Waals surface area (Å²) in [5.74, 6) is 0.404. The Bertz CT molecular complexity index is 649. The van der Waals surface area contributed by atoms with Gasteiger partial charge in [0.25, 0.3) is 5.91 Å². The minimum Gasteiger partial charge on any atom is -0.370 e. The minimum absolute atomic E-state index is 0.179. The summed E-state index contributed by atoms with van der Waals surface area (Å²) in [4.78, 5) is 17.8. The van der Waals surface area contributed by atoms with Gasteiger partial charge >= 0.3 is 0 Å². The summed E-state index contributed by atoms with van der Waals surface area (Å²) in [6.45, 7) is 2.67. The van der Waals surface area contributed by atoms with Crippen molar-refractivity contribution in [1.29, 1.82) is 0 Å². The highest BCUT2D eigenvalue weighted by molar-refractivity contribution is 9.10. The van der Waals surface area contributed by atoms with Crippen molar-refractivity contribution < 1.29 is 4.79 Å². The van der Waals surface area contributed by atoms with Crippen LogP contribution in [0.2, 0.25) is 0 Å². The summed E-state index contributed by atoms with van der Waals surface area (Å²) in [5, 5.41) is 6.04. The van der Waals surface area contributed by atoms with E-state index in [1.54, 1.807) is 24.0 Å². The summed E-state index contributed by atoms with van der Waals surface area (Å²) < 4.78 is 0.771. The van der Waals surface area contributed by atoms with Crippen LogP contribution in [0.4, 0.5) is 11.5 Å². The predicted octanol–water partition coefficient (Wildman–Crippen LogP) is 4.25. The van der Waals surface area contributed by atoms with Gasteiger partial charge in [0.2, 0.25) is 0 Å². The fourth-order valence-electron chi connectivity index (χ4n) is 1.86. The van der Waals surface area contributed by atoms with Crippen LogP contribution >= 0.6 is 27.7 Å². The molecule has 0 saturated carbocycles. The Labute approximate surface area is 136 Å². The molecule has 110 valence electrons. The first-order valence-electron chi connectivity index (χ1n) is 6.49. The Morgan fingerprint density at radius 3 is 2.86 bits per heavy atom. The first-order valence-corrected chi connectivity index (χ1v) is 8.51. The summed E-state index contributed by atoms with van der Waals surface area (Å²) >= 11 is 4.95. The Balaban J connectivity index is 2.29. The third-order valence-electron chi connectivity index (χ3n) is 2.80. The van der Waals surface area contributed by atoms with Crippen LogP contribution in [0.5, 0.6) is 0 Å². The van der Waals surface area contributed by atoms with Gasteiger partial charge in [0.15, 0.2) is 0 Å². The molecule has 0 aliphatic rings. The topological polar surface area (TPSA) is 54.0 Å². The first kappa shape index (κ1) is 15.9. The highest BCUT2D eigenvalue weighted by Crippen LogP contribution is 2.26. The van der Waals surface area contributed by atoms with Crippen LogP contribution < -0.4 is 10.6 Å². The van der Waals surface area contributed by atoms with E-state index in [2.05, 4.69) is 31.5 Å². The summed E-state index contributed by atoms with van der Waals surface area (Å²) in [6, 6.07) is 9.49. The number of nitrogens with one attached hydrogen (secondary N) is 2. The molecule has 0 aliphatic heterocycles. The lowest BCUT2D eigenvalue weighted by Crippen LogP contribution is -2.16. The van der Waals surface area contributed by atoms with Crippen LogP contribution in [0.3, 0.4) is 0 Å². The number of para-hydroxylation sites is 1. The smallest absolute Gasteiger partial charge is 0.259 e. The largest absolute Gasteiger partial charge is 0.370 e. The third kappa shape index (κ3) is 3.98. The van der Waals surface area contributed by atoms with Crippen LogP contribution in [0.25, 0.3) is 0 Å². The Morgan fingerprint density at radius 1 is 1.38 bits per heavy atom. The van der Waals surface area contributed by atoms with E-state index in [9.17, 15) is 4.79 Å². The van der Waals surface area contributed by atoms with Crippen molar-refractivity contribution in [2.45, 2.75) is 11.8 Å². The van der Waals surface area contributed by atoms with Crippen molar-refractivity contribution in [1.82, 2.24) is 4.98 Å². The van der Waals surface area contributed by atoms with E-state index in [1.165, 1.54) is 0 Å². The SMILES string of the molecule is CCNc1ncc(Br)cc1C(=O)Nc1ccccc1SC. The number of carbonyl (C=O) groups excluding carboxylic acids is 1. The number of halogens is 1. The zero-order chi connectivity index (χ0) is 15.2. The van der Waals surface area contributed by atoms with Crippen LogP contribution in [-0.4, -0.2) is 23.7 Å². The second-order valence-electron chi connectivity index (χ2n) is 4.23. The van der Waals surface area contributed by atoms with Crippen molar-refractivity contribution in [3.8, 4) is 0 Å². The molecule has 1 heterocycles. The molecule has 1 aromatic heterocycles. The van der Waals surface area contributed by atoms with Crippen molar-refractivity contribution in [2.75, 3.05) is 23.4 Å². The van der Waals surface area contributed by atoms with Gasteiger partial charge in [-0.25, -0.2) is 4.98 Å². The number of aromatic nitrogens is 1. The lowest BCUT2D eigenvalue weighted by atomic mass is 10.2. The number of benzene rings is 1. The van der Waals surface area contributed by atoms with Gasteiger partial charge in [-0.15, -0.1) is 11.8 Å². The Kier molecular flexibility index (Phi) is 5.64.